The highest BCUT2D eigenvalue weighted by atomic mass is 16.5. The molecule has 0 radical (unpaired) electrons. The molecule has 0 amide bonds. The van der Waals surface area contributed by atoms with Crippen LogP contribution in [0.2, 0.25) is 0 Å². The van der Waals surface area contributed by atoms with Gasteiger partial charge in [-0.3, -0.25) is 0 Å². The van der Waals surface area contributed by atoms with Gasteiger partial charge in [-0.1, -0.05) is 26.0 Å². The molecule has 128 valence electrons. The molecule has 0 unspecified atom stereocenters. The number of hydrogen-bond acceptors (Lipinski definition) is 4. The normalized spacial score (nSPS) is 10.5. The molecule has 2 aromatic rings. The predicted molar refractivity (Wildman–Crippen MR) is 94.4 cm³/mol. The van der Waals surface area contributed by atoms with Crippen molar-refractivity contribution in [3.8, 4) is 11.5 Å². The highest BCUT2D eigenvalue weighted by Gasteiger charge is 2.15. The summed E-state index contributed by atoms with van der Waals surface area (Å²) in [4.78, 5) is 10.9. The molecule has 0 saturated carbocycles. The fourth-order valence-electron chi connectivity index (χ4n) is 2.58. The van der Waals surface area contributed by atoms with Crippen molar-refractivity contribution in [1.82, 2.24) is 0 Å². The molecule has 0 atom stereocenters. The number of anilines is 1. The lowest BCUT2D eigenvalue weighted by atomic mass is 10.00. The molecule has 0 bridgehead atoms. The Bertz CT molecular complexity index is 683. The molecule has 2 rings (SSSR count). The molecule has 0 saturated heterocycles. The Hall–Kier alpha value is -2.69. The minimum absolute atomic E-state index is 0.281. The number of carboxylic acids is 1. The van der Waals surface area contributed by atoms with Gasteiger partial charge in [0.25, 0.3) is 0 Å². The van der Waals surface area contributed by atoms with E-state index in [-0.39, 0.29) is 11.5 Å². The molecule has 24 heavy (non-hydrogen) atoms. The molecule has 0 heterocycles. The van der Waals surface area contributed by atoms with Crippen LogP contribution in [0.15, 0.2) is 36.4 Å². The lowest BCUT2D eigenvalue weighted by Crippen LogP contribution is -2.04. The van der Waals surface area contributed by atoms with Gasteiger partial charge in [0, 0.05) is 29.9 Å². The average molecular weight is 329 g/mol. The highest BCUT2D eigenvalue weighted by molar-refractivity contribution is 5.87. The summed E-state index contributed by atoms with van der Waals surface area (Å²) in [5.41, 5.74) is 3.20. The third kappa shape index (κ3) is 3.98. The van der Waals surface area contributed by atoms with Crippen molar-refractivity contribution in [3.05, 3.63) is 53.1 Å². The lowest BCUT2D eigenvalue weighted by molar-refractivity contribution is 0.0697. The summed E-state index contributed by atoms with van der Waals surface area (Å²) in [6.45, 7) is 4.77. The van der Waals surface area contributed by atoms with Crippen LogP contribution < -0.4 is 14.8 Å². The molecule has 2 N–H and O–H groups in total. The fraction of sp³-hybridized carbons (Fsp3) is 0.316. The zero-order valence-electron chi connectivity index (χ0n) is 14.4. The van der Waals surface area contributed by atoms with Crippen molar-refractivity contribution in [3.63, 3.8) is 0 Å². The maximum absolute atomic E-state index is 10.9. The molecule has 5 heteroatoms. The third-order valence-corrected chi connectivity index (χ3v) is 3.82. The lowest BCUT2D eigenvalue weighted by Gasteiger charge is -2.18. The third-order valence-electron chi connectivity index (χ3n) is 3.82. The summed E-state index contributed by atoms with van der Waals surface area (Å²) in [5, 5.41) is 12.2. The topological polar surface area (TPSA) is 67.8 Å². The number of methoxy groups -OCH3 is 2. The summed E-state index contributed by atoms with van der Waals surface area (Å²) in [6.07, 6.45) is 0. The van der Waals surface area contributed by atoms with Gasteiger partial charge in [-0.2, -0.15) is 0 Å². The van der Waals surface area contributed by atoms with Gasteiger partial charge in [0.05, 0.1) is 19.8 Å². The highest BCUT2D eigenvalue weighted by Crippen LogP contribution is 2.38. The van der Waals surface area contributed by atoms with E-state index in [1.54, 1.807) is 38.5 Å². The van der Waals surface area contributed by atoms with Crippen LogP contribution in [0.1, 0.15) is 41.3 Å². The Balaban J connectivity index is 2.19. The zero-order valence-corrected chi connectivity index (χ0v) is 14.4. The van der Waals surface area contributed by atoms with Crippen molar-refractivity contribution in [2.45, 2.75) is 26.3 Å². The number of nitrogens with one attached hydrogen (secondary N) is 1. The van der Waals surface area contributed by atoms with Crippen LogP contribution >= 0.6 is 0 Å². The quantitative estimate of drug-likeness (QED) is 0.799. The maximum atomic E-state index is 10.9. The van der Waals surface area contributed by atoms with Crippen molar-refractivity contribution < 1.29 is 19.4 Å². The van der Waals surface area contributed by atoms with Gasteiger partial charge in [0.2, 0.25) is 0 Å². The predicted octanol–water partition coefficient (Wildman–Crippen LogP) is 4.14. The number of carbonyl (C=O) groups is 1. The van der Waals surface area contributed by atoms with Crippen LogP contribution in [0, 0.1) is 0 Å². The van der Waals surface area contributed by atoms with Crippen LogP contribution in [0.3, 0.4) is 0 Å². The summed E-state index contributed by atoms with van der Waals surface area (Å²) in [7, 11) is 3.30. The van der Waals surface area contributed by atoms with Gasteiger partial charge >= 0.3 is 5.97 Å². The molecule has 0 fully saturated rings. The van der Waals surface area contributed by atoms with E-state index in [2.05, 4.69) is 19.2 Å². The SMILES string of the molecule is COc1cc(NCc2ccc(C(=O)O)cc2)cc(OC)c1C(C)C. The first-order valence-corrected chi connectivity index (χ1v) is 7.78. The summed E-state index contributed by atoms with van der Waals surface area (Å²) in [6, 6.07) is 10.7. The summed E-state index contributed by atoms with van der Waals surface area (Å²) >= 11 is 0. The summed E-state index contributed by atoms with van der Waals surface area (Å²) in [5.74, 6) is 0.932. The van der Waals surface area contributed by atoms with Crippen molar-refractivity contribution in [2.24, 2.45) is 0 Å². The minimum Gasteiger partial charge on any atom is -0.496 e. The second kappa shape index (κ2) is 7.73. The van der Waals surface area contributed by atoms with E-state index in [0.29, 0.717) is 6.54 Å². The van der Waals surface area contributed by atoms with E-state index in [9.17, 15) is 4.79 Å². The van der Waals surface area contributed by atoms with E-state index >= 15 is 0 Å². The van der Waals surface area contributed by atoms with E-state index in [1.807, 2.05) is 12.1 Å². The molecule has 0 spiro atoms. The summed E-state index contributed by atoms with van der Waals surface area (Å²) < 4.78 is 11.0. The molecular formula is C19H23NO4. The van der Waals surface area contributed by atoms with Gasteiger partial charge < -0.3 is 19.9 Å². The van der Waals surface area contributed by atoms with Crippen LogP contribution in [0.5, 0.6) is 11.5 Å². The Morgan fingerprint density at radius 2 is 1.62 bits per heavy atom. The zero-order chi connectivity index (χ0) is 17.7. The van der Waals surface area contributed by atoms with Crippen LogP contribution in [-0.2, 0) is 6.54 Å². The fourth-order valence-corrected chi connectivity index (χ4v) is 2.58. The van der Waals surface area contributed by atoms with Gasteiger partial charge in [-0.25, -0.2) is 4.79 Å². The number of rotatable bonds is 7. The van der Waals surface area contributed by atoms with Crippen LogP contribution in [-0.4, -0.2) is 25.3 Å². The largest absolute Gasteiger partial charge is 0.496 e. The minimum atomic E-state index is -0.923. The van der Waals surface area contributed by atoms with Gasteiger partial charge in [0.1, 0.15) is 11.5 Å². The van der Waals surface area contributed by atoms with Crippen LogP contribution in [0.25, 0.3) is 0 Å². The number of ether oxygens (including phenoxy) is 2. The number of aromatic carboxylic acids is 1. The molecule has 0 aliphatic carbocycles. The molecule has 5 nitrogen and oxygen atoms in total. The monoisotopic (exact) mass is 329 g/mol. The Kier molecular flexibility index (Phi) is 5.68. The van der Waals surface area contributed by atoms with Crippen molar-refractivity contribution >= 4 is 11.7 Å². The second-order valence-electron chi connectivity index (χ2n) is 5.80. The first kappa shape index (κ1) is 17.7. The van der Waals surface area contributed by atoms with Crippen molar-refractivity contribution in [2.75, 3.05) is 19.5 Å². The first-order chi connectivity index (χ1) is 11.5. The smallest absolute Gasteiger partial charge is 0.335 e. The molecule has 0 aromatic heterocycles. The standard InChI is InChI=1S/C19H23NO4/c1-12(2)18-16(23-3)9-15(10-17(18)24-4)20-11-13-5-7-14(8-6-13)19(21)22/h5-10,12,20H,11H2,1-4H3,(H,21,22). The van der Waals surface area contributed by atoms with E-state index in [4.69, 9.17) is 14.6 Å². The number of carboxylic acid groups (broad SMARTS) is 1. The van der Waals surface area contributed by atoms with Gasteiger partial charge in [0.15, 0.2) is 0 Å². The Labute approximate surface area is 142 Å². The maximum Gasteiger partial charge on any atom is 0.335 e. The average Bonchev–Trinajstić information content (AvgIpc) is 2.58. The molecule has 0 aliphatic heterocycles. The van der Waals surface area contributed by atoms with E-state index in [0.717, 1.165) is 28.3 Å². The number of benzene rings is 2. The van der Waals surface area contributed by atoms with Crippen LogP contribution in [0.4, 0.5) is 5.69 Å². The molecule has 2 aromatic carbocycles. The van der Waals surface area contributed by atoms with E-state index in [1.165, 1.54) is 0 Å². The van der Waals surface area contributed by atoms with E-state index < -0.39 is 5.97 Å². The Morgan fingerprint density at radius 1 is 1.08 bits per heavy atom. The first-order valence-electron chi connectivity index (χ1n) is 7.78. The van der Waals surface area contributed by atoms with Gasteiger partial charge in [-0.15, -0.1) is 0 Å². The molecular weight excluding hydrogens is 306 g/mol. The second-order valence-corrected chi connectivity index (χ2v) is 5.80. The Morgan fingerprint density at radius 3 is 2.04 bits per heavy atom. The van der Waals surface area contributed by atoms with Crippen molar-refractivity contribution in [1.29, 1.82) is 0 Å². The van der Waals surface area contributed by atoms with Gasteiger partial charge in [-0.05, 0) is 23.6 Å². The number of hydrogen-bond donors (Lipinski definition) is 2. The molecule has 0 aliphatic rings.